The molecule has 0 atom stereocenters. The summed E-state index contributed by atoms with van der Waals surface area (Å²) in [5.74, 6) is 0. The van der Waals surface area contributed by atoms with Gasteiger partial charge in [0.2, 0.25) is 0 Å². The Hall–Kier alpha value is -6.70. The molecule has 1 nitrogen and oxygen atoms in total. The molecule has 0 saturated carbocycles. The summed E-state index contributed by atoms with van der Waals surface area (Å²) in [6, 6.07) is 69.9. The second-order valence-electron chi connectivity index (χ2n) is 16.9. The summed E-state index contributed by atoms with van der Waals surface area (Å²) in [4.78, 5) is 2.59. The highest BCUT2D eigenvalue weighted by molar-refractivity contribution is 6.10. The zero-order valence-corrected chi connectivity index (χ0v) is 32.8. The van der Waals surface area contributed by atoms with Crippen LogP contribution in [0.2, 0.25) is 0 Å². The van der Waals surface area contributed by atoms with Crippen LogP contribution in [0.25, 0.3) is 66.1 Å². The Kier molecular flexibility index (Phi) is 7.32. The maximum Gasteiger partial charge on any atom is 0.0549 e. The summed E-state index contributed by atoms with van der Waals surface area (Å²) in [5.41, 5.74) is 18.9. The van der Waals surface area contributed by atoms with Gasteiger partial charge in [-0.3, -0.25) is 0 Å². The number of rotatable bonds is 5. The minimum atomic E-state index is -0.178. The lowest BCUT2D eigenvalue weighted by molar-refractivity contribution is 0.666. The number of hydrogen-bond donors (Lipinski definition) is 0. The van der Waals surface area contributed by atoms with Gasteiger partial charge in [-0.05, 0) is 101 Å². The van der Waals surface area contributed by atoms with Crippen LogP contribution < -0.4 is 4.90 Å². The van der Waals surface area contributed by atoms with E-state index in [1.165, 1.54) is 99.7 Å². The van der Waals surface area contributed by atoms with Crippen molar-refractivity contribution in [3.05, 3.63) is 210 Å². The van der Waals surface area contributed by atoms with Gasteiger partial charge in [0.15, 0.2) is 0 Å². The number of nitrogens with zero attached hydrogens (tertiary/aromatic N) is 1. The first-order valence-electron chi connectivity index (χ1n) is 20.2. The van der Waals surface area contributed by atoms with Crippen molar-refractivity contribution < 1.29 is 0 Å². The number of anilines is 3. The van der Waals surface area contributed by atoms with Gasteiger partial charge >= 0.3 is 0 Å². The average molecular weight is 730 g/mol. The molecule has 2 aliphatic carbocycles. The molecule has 0 radical (unpaired) electrons. The van der Waals surface area contributed by atoms with Gasteiger partial charge in [-0.1, -0.05) is 191 Å². The fourth-order valence-corrected chi connectivity index (χ4v) is 10.3. The number of benzene rings is 9. The Morgan fingerprint density at radius 1 is 0.351 bits per heavy atom. The molecule has 1 heteroatoms. The van der Waals surface area contributed by atoms with Gasteiger partial charge in [0, 0.05) is 27.6 Å². The third-order valence-corrected chi connectivity index (χ3v) is 13.0. The predicted octanol–water partition coefficient (Wildman–Crippen LogP) is 15.4. The van der Waals surface area contributed by atoms with E-state index in [9.17, 15) is 0 Å². The normalized spacial score (nSPS) is 14.2. The highest BCUT2D eigenvalue weighted by atomic mass is 15.1. The Morgan fingerprint density at radius 2 is 0.719 bits per heavy atom. The maximum absolute atomic E-state index is 2.59. The van der Waals surface area contributed by atoms with Crippen LogP contribution in [0.3, 0.4) is 0 Å². The van der Waals surface area contributed by atoms with E-state index in [4.69, 9.17) is 0 Å². The van der Waals surface area contributed by atoms with E-state index in [1.807, 2.05) is 0 Å². The Balaban J connectivity index is 1.20. The first kappa shape index (κ1) is 33.6. The fraction of sp³-hybridized carbons (Fsp3) is 0.107. The Bertz CT molecular complexity index is 2890. The maximum atomic E-state index is 2.59. The molecule has 2 aliphatic rings. The predicted molar refractivity (Wildman–Crippen MR) is 242 cm³/mol. The van der Waals surface area contributed by atoms with Crippen molar-refractivity contribution in [2.24, 2.45) is 0 Å². The first-order valence-corrected chi connectivity index (χ1v) is 20.2. The van der Waals surface area contributed by atoms with E-state index in [2.05, 4.69) is 221 Å². The van der Waals surface area contributed by atoms with Gasteiger partial charge < -0.3 is 4.90 Å². The van der Waals surface area contributed by atoms with E-state index in [0.29, 0.717) is 0 Å². The topological polar surface area (TPSA) is 3.24 Å². The third kappa shape index (κ3) is 4.95. The number of fused-ring (bicyclic) bond motifs is 10. The van der Waals surface area contributed by atoms with Crippen molar-refractivity contribution in [1.29, 1.82) is 0 Å². The molecule has 0 unspecified atom stereocenters. The van der Waals surface area contributed by atoms with E-state index in [-0.39, 0.29) is 10.8 Å². The fourth-order valence-electron chi connectivity index (χ4n) is 10.3. The van der Waals surface area contributed by atoms with Gasteiger partial charge in [0.25, 0.3) is 0 Å². The van der Waals surface area contributed by atoms with Crippen molar-refractivity contribution in [1.82, 2.24) is 0 Å². The lowest BCUT2D eigenvalue weighted by atomic mass is 9.79. The molecule has 0 amide bonds. The van der Waals surface area contributed by atoms with Crippen molar-refractivity contribution in [2.45, 2.75) is 38.5 Å². The molecule has 0 heterocycles. The van der Waals surface area contributed by atoms with Crippen LogP contribution in [-0.2, 0) is 10.8 Å². The Morgan fingerprint density at radius 3 is 1.19 bits per heavy atom. The molecule has 0 spiro atoms. The highest BCUT2D eigenvalue weighted by Crippen LogP contribution is 2.60. The molecule has 9 aromatic rings. The van der Waals surface area contributed by atoms with Crippen LogP contribution in [0.5, 0.6) is 0 Å². The smallest absolute Gasteiger partial charge is 0.0549 e. The van der Waals surface area contributed by atoms with E-state index in [0.717, 1.165) is 5.69 Å². The van der Waals surface area contributed by atoms with Crippen LogP contribution in [0.4, 0.5) is 17.1 Å². The third-order valence-electron chi connectivity index (χ3n) is 13.0. The van der Waals surface area contributed by atoms with Gasteiger partial charge in [0.05, 0.1) is 11.4 Å². The first-order chi connectivity index (χ1) is 27.8. The molecule has 9 aromatic carbocycles. The highest BCUT2D eigenvalue weighted by Gasteiger charge is 2.42. The summed E-state index contributed by atoms with van der Waals surface area (Å²) in [6.07, 6.45) is 0. The minimum absolute atomic E-state index is 0.178. The minimum Gasteiger partial charge on any atom is -0.309 e. The van der Waals surface area contributed by atoms with Crippen LogP contribution in [0.1, 0.15) is 49.9 Å². The monoisotopic (exact) mass is 729 g/mol. The van der Waals surface area contributed by atoms with Crippen molar-refractivity contribution in [2.75, 3.05) is 4.90 Å². The average Bonchev–Trinajstić information content (AvgIpc) is 3.65. The molecule has 0 aromatic heterocycles. The van der Waals surface area contributed by atoms with Crippen molar-refractivity contribution >= 4 is 38.6 Å². The molecular formula is C56H43N. The largest absolute Gasteiger partial charge is 0.309 e. The molecule has 57 heavy (non-hydrogen) atoms. The summed E-state index contributed by atoms with van der Waals surface area (Å²) in [5, 5.41) is 5.15. The molecule has 272 valence electrons. The molecule has 0 bridgehead atoms. The van der Waals surface area contributed by atoms with Crippen LogP contribution in [0.15, 0.2) is 188 Å². The van der Waals surface area contributed by atoms with Gasteiger partial charge in [-0.25, -0.2) is 0 Å². The summed E-state index contributed by atoms with van der Waals surface area (Å²) in [7, 11) is 0. The van der Waals surface area contributed by atoms with Gasteiger partial charge in [-0.2, -0.15) is 0 Å². The second kappa shape index (κ2) is 12.4. The van der Waals surface area contributed by atoms with Gasteiger partial charge in [0.1, 0.15) is 0 Å². The van der Waals surface area contributed by atoms with Crippen molar-refractivity contribution in [3.8, 4) is 44.5 Å². The zero-order chi connectivity index (χ0) is 38.5. The standard InChI is InChI=1S/C56H43N/c1-55(2)47-24-14-12-22-45(47)51-49(34-40-18-8-10-20-43(40)53(51)55)57(42-32-30-39(31-33-42)38-28-26-37(27-29-38)36-16-6-5-7-17-36)50-35-41-19-9-11-21-44(41)54-52(50)46-23-13-15-25-48(46)56(54,3)4/h5-35H,1-4H3. The van der Waals surface area contributed by atoms with Crippen LogP contribution in [0, 0.1) is 0 Å². The van der Waals surface area contributed by atoms with Gasteiger partial charge in [-0.15, -0.1) is 0 Å². The van der Waals surface area contributed by atoms with E-state index < -0.39 is 0 Å². The van der Waals surface area contributed by atoms with Crippen LogP contribution in [-0.4, -0.2) is 0 Å². The summed E-state index contributed by atoms with van der Waals surface area (Å²) in [6.45, 7) is 9.62. The number of hydrogen-bond acceptors (Lipinski definition) is 1. The molecule has 0 N–H and O–H groups in total. The molecule has 0 saturated heterocycles. The summed E-state index contributed by atoms with van der Waals surface area (Å²) >= 11 is 0. The molecule has 11 rings (SSSR count). The summed E-state index contributed by atoms with van der Waals surface area (Å²) < 4.78 is 0. The lowest BCUT2D eigenvalue weighted by Crippen LogP contribution is -2.18. The zero-order valence-electron chi connectivity index (χ0n) is 32.8. The molecular weight excluding hydrogens is 687 g/mol. The van der Waals surface area contributed by atoms with Crippen molar-refractivity contribution in [3.63, 3.8) is 0 Å². The second-order valence-corrected chi connectivity index (χ2v) is 16.9. The molecule has 0 aliphatic heterocycles. The van der Waals surface area contributed by atoms with Crippen LogP contribution >= 0.6 is 0 Å². The quantitative estimate of drug-likeness (QED) is 0.170. The SMILES string of the molecule is CC1(C)c2ccccc2-c2c(N(c3ccc(-c4ccc(-c5ccccc5)cc4)cc3)c3cc4ccccc4c4c3-c3ccccc3C4(C)C)cc3ccccc3c21. The Labute approximate surface area is 335 Å². The van der Waals surface area contributed by atoms with E-state index in [1.54, 1.807) is 0 Å². The lowest BCUT2D eigenvalue weighted by Gasteiger charge is -2.33. The van der Waals surface area contributed by atoms with E-state index >= 15 is 0 Å². The molecule has 0 fully saturated rings.